The third-order valence-electron chi connectivity index (χ3n) is 4.00. The first-order valence-corrected chi connectivity index (χ1v) is 8.42. The molecule has 0 aliphatic carbocycles. The quantitative estimate of drug-likeness (QED) is 0.687. The van der Waals surface area contributed by atoms with E-state index in [1.54, 1.807) is 6.07 Å². The van der Waals surface area contributed by atoms with Crippen LogP contribution in [0.2, 0.25) is 0 Å². The molecular weight excluding hydrogens is 326 g/mol. The summed E-state index contributed by atoms with van der Waals surface area (Å²) in [6.07, 6.45) is 3.11. The standard InChI is InChI=1S/C21H21N3O2/c22-18(12-15-4-2-1-3-5-15)13-16-6-8-19(9-7-16)26-20-14-17(21(23)25)10-11-24-20/h1-11,14,18H,12-13,22H2,(H2,23,25). The third kappa shape index (κ3) is 4.91. The molecule has 0 fully saturated rings. The van der Waals surface area contributed by atoms with Gasteiger partial charge in [-0.2, -0.15) is 0 Å². The monoisotopic (exact) mass is 347 g/mol. The summed E-state index contributed by atoms with van der Waals surface area (Å²) in [6, 6.07) is 21.0. The lowest BCUT2D eigenvalue weighted by Gasteiger charge is -2.12. The van der Waals surface area contributed by atoms with Crippen molar-refractivity contribution in [1.82, 2.24) is 4.98 Å². The Labute approximate surface area is 152 Å². The van der Waals surface area contributed by atoms with Gasteiger partial charge in [0.2, 0.25) is 11.8 Å². The van der Waals surface area contributed by atoms with Gasteiger partial charge in [-0.05, 0) is 42.2 Å². The maximum Gasteiger partial charge on any atom is 0.248 e. The van der Waals surface area contributed by atoms with Gasteiger partial charge in [-0.25, -0.2) is 4.98 Å². The largest absolute Gasteiger partial charge is 0.439 e. The van der Waals surface area contributed by atoms with E-state index in [-0.39, 0.29) is 6.04 Å². The molecule has 0 aliphatic rings. The molecule has 1 atom stereocenters. The number of nitrogens with zero attached hydrogens (tertiary/aromatic N) is 1. The van der Waals surface area contributed by atoms with Crippen molar-refractivity contribution >= 4 is 5.91 Å². The van der Waals surface area contributed by atoms with E-state index in [0.29, 0.717) is 17.2 Å². The second-order valence-electron chi connectivity index (χ2n) is 6.15. The number of nitrogens with two attached hydrogens (primary N) is 2. The molecule has 0 saturated heterocycles. The number of hydrogen-bond acceptors (Lipinski definition) is 4. The average molecular weight is 347 g/mol. The van der Waals surface area contributed by atoms with E-state index in [2.05, 4.69) is 17.1 Å². The van der Waals surface area contributed by atoms with Crippen LogP contribution in [-0.2, 0) is 12.8 Å². The normalized spacial score (nSPS) is 11.7. The van der Waals surface area contributed by atoms with E-state index < -0.39 is 5.91 Å². The van der Waals surface area contributed by atoms with Crippen LogP contribution in [-0.4, -0.2) is 16.9 Å². The topological polar surface area (TPSA) is 91.2 Å². The summed E-state index contributed by atoms with van der Waals surface area (Å²) in [5.74, 6) is 0.453. The molecule has 3 rings (SSSR count). The van der Waals surface area contributed by atoms with E-state index in [9.17, 15) is 4.79 Å². The van der Waals surface area contributed by atoms with Gasteiger partial charge in [-0.3, -0.25) is 4.79 Å². The van der Waals surface area contributed by atoms with Gasteiger partial charge in [0.05, 0.1) is 0 Å². The van der Waals surface area contributed by atoms with E-state index in [1.165, 1.54) is 17.8 Å². The van der Waals surface area contributed by atoms with E-state index >= 15 is 0 Å². The van der Waals surface area contributed by atoms with E-state index in [1.807, 2.05) is 42.5 Å². The molecule has 132 valence electrons. The second-order valence-corrected chi connectivity index (χ2v) is 6.15. The van der Waals surface area contributed by atoms with Gasteiger partial charge in [-0.1, -0.05) is 42.5 Å². The highest BCUT2D eigenvalue weighted by atomic mass is 16.5. The molecule has 0 spiro atoms. The van der Waals surface area contributed by atoms with Crippen LogP contribution < -0.4 is 16.2 Å². The van der Waals surface area contributed by atoms with Crippen molar-refractivity contribution in [3.05, 3.63) is 89.6 Å². The molecule has 1 heterocycles. The van der Waals surface area contributed by atoms with Crippen molar-refractivity contribution in [2.24, 2.45) is 11.5 Å². The molecule has 2 aromatic carbocycles. The number of aromatic nitrogens is 1. The van der Waals surface area contributed by atoms with Crippen LogP contribution in [0.3, 0.4) is 0 Å². The minimum atomic E-state index is -0.514. The first-order chi connectivity index (χ1) is 12.6. The lowest BCUT2D eigenvalue weighted by Crippen LogP contribution is -2.25. The highest BCUT2D eigenvalue weighted by molar-refractivity contribution is 5.92. The minimum Gasteiger partial charge on any atom is -0.439 e. The lowest BCUT2D eigenvalue weighted by molar-refractivity contribution is 0.1000. The fourth-order valence-corrected chi connectivity index (χ4v) is 2.72. The van der Waals surface area contributed by atoms with Gasteiger partial charge in [0.15, 0.2) is 0 Å². The third-order valence-corrected chi connectivity index (χ3v) is 4.00. The number of pyridine rings is 1. The van der Waals surface area contributed by atoms with Crippen molar-refractivity contribution in [2.75, 3.05) is 0 Å². The number of rotatable bonds is 7. The molecule has 3 aromatic rings. The summed E-state index contributed by atoms with van der Waals surface area (Å²) >= 11 is 0. The number of carbonyl (C=O) groups is 1. The molecule has 0 aliphatic heterocycles. The molecule has 0 bridgehead atoms. The van der Waals surface area contributed by atoms with Gasteiger partial charge >= 0.3 is 0 Å². The summed E-state index contributed by atoms with van der Waals surface area (Å²) in [5, 5.41) is 0. The number of amides is 1. The average Bonchev–Trinajstić information content (AvgIpc) is 2.64. The van der Waals surface area contributed by atoms with Crippen LogP contribution in [0.5, 0.6) is 11.6 Å². The summed E-state index contributed by atoms with van der Waals surface area (Å²) in [4.78, 5) is 15.3. The van der Waals surface area contributed by atoms with Crippen LogP contribution in [0.1, 0.15) is 21.5 Å². The molecule has 1 unspecified atom stereocenters. The highest BCUT2D eigenvalue weighted by Crippen LogP contribution is 2.21. The summed E-state index contributed by atoms with van der Waals surface area (Å²) < 4.78 is 5.67. The number of carbonyl (C=O) groups excluding carboxylic acids is 1. The Kier molecular flexibility index (Phi) is 5.61. The zero-order chi connectivity index (χ0) is 18.4. The van der Waals surface area contributed by atoms with Gasteiger partial charge in [-0.15, -0.1) is 0 Å². The second kappa shape index (κ2) is 8.27. The molecule has 0 saturated carbocycles. The fourth-order valence-electron chi connectivity index (χ4n) is 2.72. The van der Waals surface area contributed by atoms with Crippen LogP contribution in [0.15, 0.2) is 72.9 Å². The van der Waals surface area contributed by atoms with Gasteiger partial charge in [0.1, 0.15) is 5.75 Å². The summed E-state index contributed by atoms with van der Waals surface area (Å²) in [6.45, 7) is 0. The number of primary amides is 1. The Balaban J connectivity index is 1.59. The van der Waals surface area contributed by atoms with Crippen molar-refractivity contribution in [2.45, 2.75) is 18.9 Å². The van der Waals surface area contributed by atoms with Crippen LogP contribution >= 0.6 is 0 Å². The number of hydrogen-bond donors (Lipinski definition) is 2. The Morgan fingerprint density at radius 3 is 2.27 bits per heavy atom. The smallest absolute Gasteiger partial charge is 0.248 e. The zero-order valence-corrected chi connectivity index (χ0v) is 14.3. The Bertz CT molecular complexity index is 864. The molecule has 5 nitrogen and oxygen atoms in total. The van der Waals surface area contributed by atoms with Crippen molar-refractivity contribution in [3.8, 4) is 11.6 Å². The lowest BCUT2D eigenvalue weighted by atomic mass is 10.00. The molecule has 0 radical (unpaired) electrons. The Morgan fingerprint density at radius 1 is 0.962 bits per heavy atom. The van der Waals surface area contributed by atoms with Crippen LogP contribution in [0.25, 0.3) is 0 Å². The number of benzene rings is 2. The summed E-state index contributed by atoms with van der Waals surface area (Å²) in [7, 11) is 0. The molecule has 5 heteroatoms. The van der Waals surface area contributed by atoms with Crippen molar-refractivity contribution in [1.29, 1.82) is 0 Å². The molecule has 1 amide bonds. The van der Waals surface area contributed by atoms with Gasteiger partial charge in [0, 0.05) is 23.9 Å². The molecule has 4 N–H and O–H groups in total. The SMILES string of the molecule is NC(=O)c1ccnc(Oc2ccc(CC(N)Cc3ccccc3)cc2)c1. The Hall–Kier alpha value is -3.18. The predicted molar refractivity (Wildman–Crippen MR) is 101 cm³/mol. The van der Waals surface area contributed by atoms with Gasteiger partial charge < -0.3 is 16.2 Å². The highest BCUT2D eigenvalue weighted by Gasteiger charge is 2.07. The molecular formula is C21H21N3O2. The first kappa shape index (κ1) is 17.6. The number of ether oxygens (including phenoxy) is 1. The van der Waals surface area contributed by atoms with E-state index in [4.69, 9.17) is 16.2 Å². The van der Waals surface area contributed by atoms with E-state index in [0.717, 1.165) is 18.4 Å². The minimum absolute atomic E-state index is 0.0538. The zero-order valence-electron chi connectivity index (χ0n) is 14.3. The van der Waals surface area contributed by atoms with Gasteiger partial charge in [0.25, 0.3) is 0 Å². The Morgan fingerprint density at radius 2 is 1.62 bits per heavy atom. The van der Waals surface area contributed by atoms with Crippen LogP contribution in [0, 0.1) is 0 Å². The summed E-state index contributed by atoms with van der Waals surface area (Å²) in [5.41, 5.74) is 14.3. The maximum absolute atomic E-state index is 11.2. The predicted octanol–water partition coefficient (Wildman–Crippen LogP) is 3.09. The first-order valence-electron chi connectivity index (χ1n) is 8.42. The van der Waals surface area contributed by atoms with Crippen LogP contribution in [0.4, 0.5) is 0 Å². The van der Waals surface area contributed by atoms with Crippen molar-refractivity contribution in [3.63, 3.8) is 0 Å². The fraction of sp³-hybridized carbons (Fsp3) is 0.143. The maximum atomic E-state index is 11.2. The molecule has 1 aromatic heterocycles. The van der Waals surface area contributed by atoms with Crippen molar-refractivity contribution < 1.29 is 9.53 Å². The molecule has 26 heavy (non-hydrogen) atoms.